The second-order valence-corrected chi connectivity index (χ2v) is 12.4. The number of ether oxygens (including phenoxy) is 1. The molecule has 47 heavy (non-hydrogen) atoms. The van der Waals surface area contributed by atoms with E-state index in [0.29, 0.717) is 30.4 Å². The van der Waals surface area contributed by atoms with Crippen molar-refractivity contribution < 1.29 is 35.9 Å². The molecule has 3 unspecified atom stereocenters. The minimum Gasteiger partial charge on any atom is -0.375 e. The van der Waals surface area contributed by atoms with Crippen LogP contribution in [0.4, 0.5) is 26.3 Å². The number of nitrogens with one attached hydrogen (secondary N) is 1. The fourth-order valence-corrected chi connectivity index (χ4v) is 6.64. The van der Waals surface area contributed by atoms with E-state index >= 15 is 0 Å². The number of alkyl halides is 6. The highest BCUT2D eigenvalue weighted by Gasteiger charge is 2.37. The lowest BCUT2D eigenvalue weighted by molar-refractivity contribution is -0.143. The third-order valence-electron chi connectivity index (χ3n) is 9.25. The number of hydrogen-bond acceptors (Lipinski definition) is 5. The van der Waals surface area contributed by atoms with Gasteiger partial charge in [-0.1, -0.05) is 49.4 Å². The highest BCUT2D eigenvalue weighted by atomic mass is 19.4. The average Bonchev–Trinajstić information content (AvgIpc) is 3.04. The Balaban J connectivity index is 1.51. The molecule has 1 N–H and O–H groups in total. The van der Waals surface area contributed by atoms with Crippen molar-refractivity contribution in [3.05, 3.63) is 94.1 Å². The van der Waals surface area contributed by atoms with E-state index in [1.807, 2.05) is 19.1 Å². The van der Waals surface area contributed by atoms with Crippen LogP contribution in [0.15, 0.2) is 60.7 Å². The molecule has 2 aliphatic rings. The number of likely N-dealkylation sites (tertiary alicyclic amines) is 1. The summed E-state index contributed by atoms with van der Waals surface area (Å²) in [6, 6.07) is 9.06. The Morgan fingerprint density at radius 1 is 1.00 bits per heavy atom. The Labute approximate surface area is 273 Å². The predicted octanol–water partition coefficient (Wildman–Crippen LogP) is 8.54. The zero-order valence-electron chi connectivity index (χ0n) is 26.8. The topological polar surface area (TPSA) is 57.5 Å². The van der Waals surface area contributed by atoms with E-state index in [0.717, 1.165) is 56.4 Å². The second-order valence-electron chi connectivity index (χ2n) is 12.4. The van der Waals surface area contributed by atoms with Crippen LogP contribution in [0.3, 0.4) is 0 Å². The molecule has 1 aliphatic heterocycles. The van der Waals surface area contributed by atoms with Gasteiger partial charge in [0, 0.05) is 5.92 Å². The van der Waals surface area contributed by atoms with Crippen LogP contribution in [0.25, 0.3) is 0 Å². The molecule has 1 aliphatic carbocycles. The minimum absolute atomic E-state index is 0.0775. The quantitative estimate of drug-likeness (QED) is 0.125. The molecule has 0 bridgehead atoms. The Hall–Kier alpha value is -3.17. The number of rotatable bonds is 14. The lowest BCUT2D eigenvalue weighted by Crippen LogP contribution is -2.42. The molecule has 0 amide bonds. The molecule has 0 saturated carbocycles. The van der Waals surface area contributed by atoms with E-state index < -0.39 is 36.1 Å². The molecule has 11 heteroatoms. The number of nitriles is 1. The largest absolute Gasteiger partial charge is 0.416 e. The molecule has 1 heterocycles. The van der Waals surface area contributed by atoms with E-state index in [-0.39, 0.29) is 30.8 Å². The van der Waals surface area contributed by atoms with Gasteiger partial charge in [-0.2, -0.15) is 37.1 Å². The molecule has 256 valence electrons. The lowest BCUT2D eigenvalue weighted by atomic mass is 9.80. The first kappa shape index (κ1) is 36.7. The number of piperidine rings is 1. The predicted molar refractivity (Wildman–Crippen MR) is 168 cm³/mol. The minimum atomic E-state index is -4.95. The van der Waals surface area contributed by atoms with Crippen LogP contribution in [0, 0.1) is 30.1 Å². The first-order valence-corrected chi connectivity index (χ1v) is 16.1. The maximum atomic E-state index is 13.4. The molecule has 0 aromatic heterocycles. The molecular weight excluding hydrogens is 620 g/mol. The SMILES string of the molecule is CCc1ccc(C(CCN2CCC(C3C=CC=CC3)CC2)C(COCc2cc(C(F)(F)F)cc(C(F)(F)F)c2)NOCC#N)cc1C. The normalized spacial score (nSPS) is 19.1. The van der Waals surface area contributed by atoms with Gasteiger partial charge in [0.1, 0.15) is 0 Å². The van der Waals surface area contributed by atoms with Crippen LogP contribution in [0.1, 0.15) is 71.9 Å². The number of benzene rings is 2. The first-order chi connectivity index (χ1) is 22.4. The van der Waals surface area contributed by atoms with Gasteiger partial charge in [-0.25, -0.2) is 0 Å². The molecule has 2 aromatic rings. The summed E-state index contributed by atoms with van der Waals surface area (Å²) in [5.74, 6) is 1.03. The third-order valence-corrected chi connectivity index (χ3v) is 9.25. The first-order valence-electron chi connectivity index (χ1n) is 16.1. The highest BCUT2D eigenvalue weighted by molar-refractivity contribution is 5.35. The summed E-state index contributed by atoms with van der Waals surface area (Å²) in [7, 11) is 0. The van der Waals surface area contributed by atoms with E-state index in [4.69, 9.17) is 14.8 Å². The number of aryl methyl sites for hydroxylation is 2. The number of hydroxylamine groups is 1. The van der Waals surface area contributed by atoms with Gasteiger partial charge in [0.2, 0.25) is 0 Å². The van der Waals surface area contributed by atoms with Crippen LogP contribution in [-0.2, 0) is 35.0 Å². The maximum absolute atomic E-state index is 13.4. The van der Waals surface area contributed by atoms with Gasteiger partial charge in [0.15, 0.2) is 6.61 Å². The Bertz CT molecular complexity index is 1370. The number of halogens is 6. The van der Waals surface area contributed by atoms with E-state index in [9.17, 15) is 26.3 Å². The molecule has 3 atom stereocenters. The summed E-state index contributed by atoms with van der Waals surface area (Å²) in [5.41, 5.74) is 3.23. The van der Waals surface area contributed by atoms with Crippen molar-refractivity contribution >= 4 is 0 Å². The van der Waals surface area contributed by atoms with Crippen molar-refractivity contribution in [3.8, 4) is 6.07 Å². The van der Waals surface area contributed by atoms with Crippen molar-refractivity contribution in [1.82, 2.24) is 10.4 Å². The molecule has 1 saturated heterocycles. The van der Waals surface area contributed by atoms with Crippen LogP contribution >= 0.6 is 0 Å². The summed E-state index contributed by atoms with van der Waals surface area (Å²) in [6.45, 7) is 6.04. The zero-order valence-corrected chi connectivity index (χ0v) is 26.8. The van der Waals surface area contributed by atoms with Gasteiger partial charge >= 0.3 is 12.4 Å². The van der Waals surface area contributed by atoms with Gasteiger partial charge in [0.25, 0.3) is 0 Å². The van der Waals surface area contributed by atoms with E-state index in [1.54, 1.807) is 0 Å². The van der Waals surface area contributed by atoms with Crippen LogP contribution < -0.4 is 5.48 Å². The Morgan fingerprint density at radius 2 is 1.70 bits per heavy atom. The van der Waals surface area contributed by atoms with Crippen LogP contribution in [-0.4, -0.2) is 43.8 Å². The van der Waals surface area contributed by atoms with Crippen LogP contribution in [0.5, 0.6) is 0 Å². The number of allylic oxidation sites excluding steroid dienone is 4. The monoisotopic (exact) mass is 663 g/mol. The zero-order chi connectivity index (χ0) is 34.0. The van der Waals surface area contributed by atoms with Gasteiger partial charge in [0.05, 0.1) is 36.5 Å². The molecule has 0 radical (unpaired) electrons. The van der Waals surface area contributed by atoms with Gasteiger partial charge in [-0.05, 0) is 111 Å². The second kappa shape index (κ2) is 16.8. The number of hydrogen-bond donors (Lipinski definition) is 1. The lowest BCUT2D eigenvalue weighted by Gasteiger charge is -2.37. The Morgan fingerprint density at radius 3 is 2.28 bits per heavy atom. The van der Waals surface area contributed by atoms with Gasteiger partial charge in [-0.3, -0.25) is 4.84 Å². The highest BCUT2D eigenvalue weighted by Crippen LogP contribution is 2.37. The summed E-state index contributed by atoms with van der Waals surface area (Å²) >= 11 is 0. The van der Waals surface area contributed by atoms with Gasteiger partial charge in [-0.15, -0.1) is 0 Å². The molecule has 5 nitrogen and oxygen atoms in total. The standard InChI is InChI=1S/C36H43F6N3O2/c1-3-27-9-10-30(19-25(27)2)33(13-17-45-15-11-29(12-16-45)28-7-5-4-6-8-28)34(44-47-18-14-43)24-46-23-26-20-31(35(37,38)39)22-32(21-26)36(40,41)42/h4-7,9-10,19-22,28-29,33-34,44H,3,8,11-13,15-18,23-24H2,1-2H3. The van der Waals surface area contributed by atoms with E-state index in [2.05, 4.69) is 53.7 Å². The van der Waals surface area contributed by atoms with Crippen molar-refractivity contribution in [1.29, 1.82) is 5.26 Å². The molecular formula is C36H43F6N3O2. The maximum Gasteiger partial charge on any atom is 0.416 e. The fraction of sp³-hybridized carbons (Fsp3) is 0.528. The van der Waals surface area contributed by atoms with Crippen LogP contribution in [0.2, 0.25) is 0 Å². The number of nitrogens with zero attached hydrogens (tertiary/aromatic N) is 2. The van der Waals surface area contributed by atoms with Crippen molar-refractivity contribution in [2.75, 3.05) is 32.8 Å². The summed E-state index contributed by atoms with van der Waals surface area (Å²) in [4.78, 5) is 7.85. The summed E-state index contributed by atoms with van der Waals surface area (Å²) < 4.78 is 86.4. The van der Waals surface area contributed by atoms with Gasteiger partial charge < -0.3 is 9.64 Å². The Kier molecular flexibility index (Phi) is 13.1. The third kappa shape index (κ3) is 10.7. The van der Waals surface area contributed by atoms with Crippen molar-refractivity contribution in [2.24, 2.45) is 11.8 Å². The van der Waals surface area contributed by atoms with E-state index in [1.165, 1.54) is 5.56 Å². The molecule has 2 aromatic carbocycles. The molecule has 0 spiro atoms. The molecule has 4 rings (SSSR count). The smallest absolute Gasteiger partial charge is 0.375 e. The molecule has 1 fully saturated rings. The fourth-order valence-electron chi connectivity index (χ4n) is 6.64. The van der Waals surface area contributed by atoms with Crippen molar-refractivity contribution in [3.63, 3.8) is 0 Å². The summed E-state index contributed by atoms with van der Waals surface area (Å²) in [5, 5.41) is 9.08. The van der Waals surface area contributed by atoms with Crippen molar-refractivity contribution in [2.45, 2.75) is 76.9 Å². The summed E-state index contributed by atoms with van der Waals surface area (Å²) in [6.07, 6.45) is 3.69. The average molecular weight is 664 g/mol.